The Labute approximate surface area is 464 Å². The maximum atomic E-state index is 13.1. The summed E-state index contributed by atoms with van der Waals surface area (Å²) in [6.45, 7) is 3.40. The van der Waals surface area contributed by atoms with Crippen molar-refractivity contribution in [2.75, 3.05) is 33.0 Å². The molecule has 77 heavy (non-hydrogen) atoms. The number of rotatable bonds is 46. The fourth-order valence-electron chi connectivity index (χ4n) is 8.60. The van der Waals surface area contributed by atoms with Gasteiger partial charge in [0.2, 0.25) is 0 Å². The number of aliphatic hydroxyl groups excluding tert-OH is 7. The van der Waals surface area contributed by atoms with Crippen LogP contribution in [0.25, 0.3) is 0 Å². The van der Waals surface area contributed by atoms with E-state index in [2.05, 4.69) is 123 Å². The Morgan fingerprint density at radius 2 is 0.805 bits per heavy atom. The minimum atomic E-state index is -1.72. The third kappa shape index (κ3) is 35.1. The molecule has 0 aromatic carbocycles. The van der Waals surface area contributed by atoms with Crippen LogP contribution in [-0.4, -0.2) is 142 Å². The second kappa shape index (κ2) is 48.5. The molecular formula is C63H104O14. The van der Waals surface area contributed by atoms with E-state index in [1.807, 2.05) is 0 Å². The molecule has 2 saturated heterocycles. The van der Waals surface area contributed by atoms with Crippen molar-refractivity contribution in [1.82, 2.24) is 0 Å². The maximum Gasteiger partial charge on any atom is 0.306 e. The van der Waals surface area contributed by atoms with Gasteiger partial charge in [-0.3, -0.25) is 4.79 Å². The Bertz CT molecular complexity index is 1690. The molecule has 0 radical (unpaired) electrons. The van der Waals surface area contributed by atoms with Crippen LogP contribution in [-0.2, 0) is 33.2 Å². The minimum Gasteiger partial charge on any atom is -0.457 e. The molecular weight excluding hydrogens is 981 g/mol. The summed E-state index contributed by atoms with van der Waals surface area (Å²) >= 11 is 0. The van der Waals surface area contributed by atoms with Crippen molar-refractivity contribution in [3.8, 4) is 0 Å². The van der Waals surface area contributed by atoms with Crippen molar-refractivity contribution < 1.29 is 69.0 Å². The highest BCUT2D eigenvalue weighted by Gasteiger charge is 2.47. The molecule has 440 valence electrons. The van der Waals surface area contributed by atoms with E-state index in [4.69, 9.17) is 28.4 Å². The summed E-state index contributed by atoms with van der Waals surface area (Å²) in [7, 11) is 0. The van der Waals surface area contributed by atoms with E-state index in [0.717, 1.165) is 122 Å². The summed E-state index contributed by atoms with van der Waals surface area (Å²) in [5.74, 6) is -0.395. The SMILES string of the molecule is CC/C=C\C/C=C\C/C=C\C/C=C\C/C=C\C/C=C\CCCCCCCCCOCC(COC1OC(COC2OC(CO)C(O)C(O)C2O)C(O)C(O)C1O)OC(=O)CCCCCCCCC/C=C\C/C=C\C/C=C\CC. The number of aliphatic hydroxyl groups is 7. The number of allylic oxidation sites excluding steroid dienone is 18. The quantitative estimate of drug-likeness (QED) is 0.0172. The predicted molar refractivity (Wildman–Crippen MR) is 307 cm³/mol. The van der Waals surface area contributed by atoms with E-state index in [0.29, 0.717) is 13.0 Å². The first-order chi connectivity index (χ1) is 37.6. The molecule has 2 aliphatic rings. The third-order valence-electron chi connectivity index (χ3n) is 13.3. The smallest absolute Gasteiger partial charge is 0.306 e. The zero-order chi connectivity index (χ0) is 55.8. The van der Waals surface area contributed by atoms with Crippen LogP contribution in [0.15, 0.2) is 109 Å². The van der Waals surface area contributed by atoms with Crippen LogP contribution in [0.3, 0.4) is 0 Å². The first-order valence-corrected chi connectivity index (χ1v) is 29.5. The van der Waals surface area contributed by atoms with Gasteiger partial charge in [0.25, 0.3) is 0 Å². The summed E-state index contributed by atoms with van der Waals surface area (Å²) in [5.41, 5.74) is 0. The summed E-state index contributed by atoms with van der Waals surface area (Å²) in [5, 5.41) is 72.4. The lowest BCUT2D eigenvalue weighted by atomic mass is 9.98. The second-order valence-corrected chi connectivity index (χ2v) is 20.1. The Balaban J connectivity index is 1.71. The topological polar surface area (TPSA) is 214 Å². The molecule has 0 spiro atoms. The molecule has 2 heterocycles. The van der Waals surface area contributed by atoms with Gasteiger partial charge in [0.15, 0.2) is 12.6 Å². The number of carbonyl (C=O) groups excluding carboxylic acids is 1. The van der Waals surface area contributed by atoms with Gasteiger partial charge in [-0.25, -0.2) is 0 Å². The fraction of sp³-hybridized carbons (Fsp3) is 0.698. The lowest BCUT2D eigenvalue weighted by Gasteiger charge is -2.42. The molecule has 0 aromatic rings. The number of unbranched alkanes of at least 4 members (excludes halogenated alkanes) is 14. The normalized spacial score (nSPS) is 25.1. The Morgan fingerprint density at radius 1 is 0.429 bits per heavy atom. The van der Waals surface area contributed by atoms with Crippen molar-refractivity contribution in [2.24, 2.45) is 0 Å². The third-order valence-corrected chi connectivity index (χ3v) is 13.3. The van der Waals surface area contributed by atoms with Crippen LogP contribution in [0.5, 0.6) is 0 Å². The predicted octanol–water partition coefficient (Wildman–Crippen LogP) is 10.7. The molecule has 2 rings (SSSR count). The molecule has 0 aromatic heterocycles. The molecule has 11 unspecified atom stereocenters. The molecule has 14 heteroatoms. The van der Waals surface area contributed by atoms with Gasteiger partial charge in [-0.2, -0.15) is 0 Å². The highest BCUT2D eigenvalue weighted by atomic mass is 16.7. The van der Waals surface area contributed by atoms with Gasteiger partial charge in [-0.05, 0) is 96.3 Å². The van der Waals surface area contributed by atoms with E-state index < -0.39 is 86.7 Å². The van der Waals surface area contributed by atoms with Crippen molar-refractivity contribution in [3.05, 3.63) is 109 Å². The summed E-state index contributed by atoms with van der Waals surface area (Å²) < 4.78 is 34.4. The monoisotopic (exact) mass is 1080 g/mol. The summed E-state index contributed by atoms with van der Waals surface area (Å²) in [6, 6.07) is 0. The van der Waals surface area contributed by atoms with Gasteiger partial charge < -0.3 is 64.2 Å². The second-order valence-electron chi connectivity index (χ2n) is 20.1. The average molecular weight is 1090 g/mol. The largest absolute Gasteiger partial charge is 0.457 e. The highest BCUT2D eigenvalue weighted by molar-refractivity contribution is 5.69. The van der Waals surface area contributed by atoms with Gasteiger partial charge in [0, 0.05) is 13.0 Å². The summed E-state index contributed by atoms with van der Waals surface area (Å²) in [6.07, 6.45) is 50.0. The highest BCUT2D eigenvalue weighted by Crippen LogP contribution is 2.26. The van der Waals surface area contributed by atoms with E-state index >= 15 is 0 Å². The molecule has 0 bridgehead atoms. The molecule has 11 atom stereocenters. The lowest BCUT2D eigenvalue weighted by molar-refractivity contribution is -0.332. The molecule has 2 aliphatic heterocycles. The molecule has 0 aliphatic carbocycles. The number of hydrogen-bond donors (Lipinski definition) is 7. The number of esters is 1. The van der Waals surface area contributed by atoms with Crippen molar-refractivity contribution >= 4 is 5.97 Å². The van der Waals surface area contributed by atoms with Crippen LogP contribution in [0.4, 0.5) is 0 Å². The van der Waals surface area contributed by atoms with E-state index in [-0.39, 0.29) is 19.6 Å². The van der Waals surface area contributed by atoms with E-state index in [1.165, 1.54) is 32.1 Å². The van der Waals surface area contributed by atoms with Gasteiger partial charge in [-0.15, -0.1) is 0 Å². The zero-order valence-corrected chi connectivity index (χ0v) is 47.2. The van der Waals surface area contributed by atoms with Crippen molar-refractivity contribution in [2.45, 2.75) is 248 Å². The molecule has 2 fully saturated rings. The van der Waals surface area contributed by atoms with Crippen molar-refractivity contribution in [3.63, 3.8) is 0 Å². The van der Waals surface area contributed by atoms with Gasteiger partial charge >= 0.3 is 5.97 Å². The molecule has 0 amide bonds. The lowest BCUT2D eigenvalue weighted by Crippen LogP contribution is -2.61. The maximum absolute atomic E-state index is 13.1. The van der Waals surface area contributed by atoms with Crippen LogP contribution in [0, 0.1) is 0 Å². The molecule has 0 saturated carbocycles. The molecule has 7 N–H and O–H groups in total. The number of hydrogen-bond acceptors (Lipinski definition) is 14. The standard InChI is InChI=1S/C63H104O14/c1-3-5-7-9-11-13-15-17-19-21-22-23-24-25-26-27-28-29-31-33-35-37-39-41-43-45-47-72-49-52(75-55(65)46-44-42-40-38-36-34-32-30-20-18-16-14-12-10-8-6-4-2)50-73-62-61(71)59(69)57(67)54(77-62)51-74-63-60(70)58(68)56(66)53(48-64)76-63/h5-8,11-14,17-20,22-23,25-26,28-29,52-54,56-64,66-71H,3-4,9-10,15-16,21,24,27,30-51H2,1-2H3/b7-5-,8-6-,13-11-,14-12-,19-17-,20-18-,23-22-,26-25-,29-28-. The minimum absolute atomic E-state index is 0.0422. The fourth-order valence-corrected chi connectivity index (χ4v) is 8.60. The van der Waals surface area contributed by atoms with Crippen LogP contribution < -0.4 is 0 Å². The number of ether oxygens (including phenoxy) is 6. The van der Waals surface area contributed by atoms with Crippen LogP contribution >= 0.6 is 0 Å². The van der Waals surface area contributed by atoms with Crippen molar-refractivity contribution in [1.29, 1.82) is 0 Å². The van der Waals surface area contributed by atoms with Crippen LogP contribution in [0.1, 0.15) is 181 Å². The Kier molecular flexibility index (Phi) is 44.0. The first kappa shape index (κ1) is 69.8. The Morgan fingerprint density at radius 3 is 1.26 bits per heavy atom. The Hall–Kier alpha value is -3.35. The van der Waals surface area contributed by atoms with Gasteiger partial charge in [0.1, 0.15) is 54.9 Å². The number of carbonyl (C=O) groups is 1. The van der Waals surface area contributed by atoms with E-state index in [9.17, 15) is 40.5 Å². The van der Waals surface area contributed by atoms with Gasteiger partial charge in [0.05, 0.1) is 26.4 Å². The average Bonchev–Trinajstić information content (AvgIpc) is 3.43. The first-order valence-electron chi connectivity index (χ1n) is 29.5. The van der Waals surface area contributed by atoms with E-state index in [1.54, 1.807) is 0 Å². The van der Waals surface area contributed by atoms with Gasteiger partial charge in [-0.1, -0.05) is 187 Å². The van der Waals surface area contributed by atoms with Crippen LogP contribution in [0.2, 0.25) is 0 Å². The summed E-state index contributed by atoms with van der Waals surface area (Å²) in [4.78, 5) is 13.1. The molecule has 14 nitrogen and oxygen atoms in total. The zero-order valence-electron chi connectivity index (χ0n) is 47.2.